The quantitative estimate of drug-likeness (QED) is 0.911. The number of aromatic nitrogens is 2. The Morgan fingerprint density at radius 3 is 2.61 bits per heavy atom. The second kappa shape index (κ2) is 5.02. The van der Waals surface area contributed by atoms with Gasteiger partial charge in [-0.1, -0.05) is 17.7 Å². The molecule has 3 nitrogen and oxygen atoms in total. The molecule has 0 aliphatic carbocycles. The third kappa shape index (κ3) is 2.67. The molecule has 1 aromatic carbocycles. The largest absolute Gasteiger partial charge is 0.378 e. The minimum absolute atomic E-state index is 0.206. The molecule has 0 fully saturated rings. The standard InChI is InChI=1S/C14H18ClN3/c1-9-5-6-12(7-14(9)15)16-10(2)13-8-18(4)17-11(13)3/h5-8,10,16H,1-4H3. The summed E-state index contributed by atoms with van der Waals surface area (Å²) in [6.07, 6.45) is 2.04. The fourth-order valence-electron chi connectivity index (χ4n) is 2.05. The summed E-state index contributed by atoms with van der Waals surface area (Å²) in [6.45, 7) is 6.15. The van der Waals surface area contributed by atoms with Gasteiger partial charge in [-0.3, -0.25) is 4.68 Å². The number of benzene rings is 1. The molecule has 96 valence electrons. The van der Waals surface area contributed by atoms with Crippen LogP contribution in [0.3, 0.4) is 0 Å². The first kappa shape index (κ1) is 13.0. The molecule has 1 unspecified atom stereocenters. The summed E-state index contributed by atoms with van der Waals surface area (Å²) in [5, 5.41) is 8.59. The van der Waals surface area contributed by atoms with E-state index in [0.717, 1.165) is 22.0 Å². The van der Waals surface area contributed by atoms with E-state index in [0.29, 0.717) is 0 Å². The molecule has 0 saturated carbocycles. The summed E-state index contributed by atoms with van der Waals surface area (Å²) in [5.41, 5.74) is 4.37. The summed E-state index contributed by atoms with van der Waals surface area (Å²) in [6, 6.07) is 6.23. The maximum atomic E-state index is 6.12. The van der Waals surface area contributed by atoms with Crippen molar-refractivity contribution in [3.8, 4) is 0 Å². The van der Waals surface area contributed by atoms with Crippen molar-refractivity contribution in [2.45, 2.75) is 26.8 Å². The minimum Gasteiger partial charge on any atom is -0.378 e. The van der Waals surface area contributed by atoms with Gasteiger partial charge in [-0.15, -0.1) is 0 Å². The average Bonchev–Trinajstić information content (AvgIpc) is 2.63. The summed E-state index contributed by atoms with van der Waals surface area (Å²) in [4.78, 5) is 0. The monoisotopic (exact) mass is 263 g/mol. The second-order valence-electron chi connectivity index (χ2n) is 4.67. The van der Waals surface area contributed by atoms with Crippen LogP contribution in [-0.4, -0.2) is 9.78 Å². The Balaban J connectivity index is 2.18. The zero-order chi connectivity index (χ0) is 13.3. The summed E-state index contributed by atoms with van der Waals surface area (Å²) >= 11 is 6.12. The number of nitrogens with zero attached hydrogens (tertiary/aromatic N) is 2. The van der Waals surface area contributed by atoms with Gasteiger partial charge >= 0.3 is 0 Å². The van der Waals surface area contributed by atoms with Gasteiger partial charge in [0.2, 0.25) is 0 Å². The van der Waals surface area contributed by atoms with Gasteiger partial charge in [-0.2, -0.15) is 5.10 Å². The lowest BCUT2D eigenvalue weighted by molar-refractivity contribution is 0.756. The van der Waals surface area contributed by atoms with Crippen LogP contribution in [0.5, 0.6) is 0 Å². The molecule has 0 saturated heterocycles. The molecule has 0 aliphatic heterocycles. The molecule has 0 radical (unpaired) electrons. The van der Waals surface area contributed by atoms with Gasteiger partial charge in [0, 0.05) is 29.5 Å². The Morgan fingerprint density at radius 1 is 1.33 bits per heavy atom. The van der Waals surface area contributed by atoms with Crippen molar-refractivity contribution in [2.75, 3.05) is 5.32 Å². The number of nitrogens with one attached hydrogen (secondary N) is 1. The Morgan fingerprint density at radius 2 is 2.06 bits per heavy atom. The van der Waals surface area contributed by atoms with E-state index in [1.54, 1.807) is 0 Å². The smallest absolute Gasteiger partial charge is 0.0646 e. The topological polar surface area (TPSA) is 29.9 Å². The molecule has 0 amide bonds. The van der Waals surface area contributed by atoms with Gasteiger partial charge in [-0.05, 0) is 38.5 Å². The van der Waals surface area contributed by atoms with Crippen LogP contribution in [0.25, 0.3) is 0 Å². The van der Waals surface area contributed by atoms with Crippen molar-refractivity contribution in [2.24, 2.45) is 7.05 Å². The van der Waals surface area contributed by atoms with E-state index in [4.69, 9.17) is 11.6 Å². The highest BCUT2D eigenvalue weighted by Crippen LogP contribution is 2.25. The predicted molar refractivity (Wildman–Crippen MR) is 76.2 cm³/mol. The first-order valence-electron chi connectivity index (χ1n) is 6.00. The molecule has 1 heterocycles. The van der Waals surface area contributed by atoms with Gasteiger partial charge in [0.1, 0.15) is 0 Å². The van der Waals surface area contributed by atoms with Crippen LogP contribution in [0.15, 0.2) is 24.4 Å². The van der Waals surface area contributed by atoms with Crippen LogP contribution in [0.1, 0.15) is 29.8 Å². The average molecular weight is 264 g/mol. The van der Waals surface area contributed by atoms with Crippen molar-refractivity contribution in [1.29, 1.82) is 0 Å². The molecule has 2 aromatic rings. The Labute approximate surface area is 113 Å². The van der Waals surface area contributed by atoms with E-state index < -0.39 is 0 Å². The zero-order valence-electron chi connectivity index (χ0n) is 11.2. The minimum atomic E-state index is 0.206. The predicted octanol–water partition coefficient (Wildman–Crippen LogP) is 3.86. The maximum Gasteiger partial charge on any atom is 0.0646 e. The number of aryl methyl sites for hydroxylation is 3. The van der Waals surface area contributed by atoms with Gasteiger partial charge in [-0.25, -0.2) is 0 Å². The van der Waals surface area contributed by atoms with E-state index in [2.05, 4.69) is 17.3 Å². The highest BCUT2D eigenvalue weighted by atomic mass is 35.5. The first-order chi connectivity index (χ1) is 8.47. The van der Waals surface area contributed by atoms with Crippen LogP contribution < -0.4 is 5.32 Å². The van der Waals surface area contributed by atoms with Crippen molar-refractivity contribution >= 4 is 17.3 Å². The summed E-state index contributed by atoms with van der Waals surface area (Å²) in [7, 11) is 1.94. The summed E-state index contributed by atoms with van der Waals surface area (Å²) in [5.74, 6) is 0. The van der Waals surface area contributed by atoms with Gasteiger partial charge in [0.25, 0.3) is 0 Å². The fraction of sp³-hybridized carbons (Fsp3) is 0.357. The van der Waals surface area contributed by atoms with E-state index in [9.17, 15) is 0 Å². The van der Waals surface area contributed by atoms with E-state index >= 15 is 0 Å². The van der Waals surface area contributed by atoms with Crippen molar-refractivity contribution in [1.82, 2.24) is 9.78 Å². The number of hydrogen-bond donors (Lipinski definition) is 1. The van der Waals surface area contributed by atoms with Gasteiger partial charge < -0.3 is 5.32 Å². The van der Waals surface area contributed by atoms with Crippen LogP contribution in [-0.2, 0) is 7.05 Å². The molecular formula is C14H18ClN3. The van der Waals surface area contributed by atoms with Crippen LogP contribution in [0, 0.1) is 13.8 Å². The van der Waals surface area contributed by atoms with Crippen LogP contribution in [0.4, 0.5) is 5.69 Å². The molecule has 0 spiro atoms. The number of anilines is 1. The van der Waals surface area contributed by atoms with Crippen LogP contribution >= 0.6 is 11.6 Å². The number of halogens is 1. The third-order valence-corrected chi connectivity index (χ3v) is 3.48. The molecule has 1 N–H and O–H groups in total. The number of rotatable bonds is 3. The van der Waals surface area contributed by atoms with E-state index in [1.165, 1.54) is 5.56 Å². The molecule has 18 heavy (non-hydrogen) atoms. The van der Waals surface area contributed by atoms with Gasteiger partial charge in [0.05, 0.1) is 11.7 Å². The molecule has 0 aliphatic rings. The number of hydrogen-bond acceptors (Lipinski definition) is 2. The lowest BCUT2D eigenvalue weighted by atomic mass is 10.1. The lowest BCUT2D eigenvalue weighted by Gasteiger charge is -2.15. The zero-order valence-corrected chi connectivity index (χ0v) is 11.9. The Bertz CT molecular complexity index is 560. The Hall–Kier alpha value is -1.48. The molecule has 1 aromatic heterocycles. The fourth-order valence-corrected chi connectivity index (χ4v) is 2.23. The first-order valence-corrected chi connectivity index (χ1v) is 6.38. The molecule has 1 atom stereocenters. The SMILES string of the molecule is Cc1ccc(NC(C)c2cn(C)nc2C)cc1Cl. The summed E-state index contributed by atoms with van der Waals surface area (Å²) < 4.78 is 1.84. The van der Waals surface area contributed by atoms with E-state index in [-0.39, 0.29) is 6.04 Å². The van der Waals surface area contributed by atoms with Gasteiger partial charge in [0.15, 0.2) is 0 Å². The highest BCUT2D eigenvalue weighted by Gasteiger charge is 2.11. The normalized spacial score (nSPS) is 12.5. The lowest BCUT2D eigenvalue weighted by Crippen LogP contribution is -2.07. The molecule has 4 heteroatoms. The Kier molecular flexibility index (Phi) is 3.62. The van der Waals surface area contributed by atoms with Crippen molar-refractivity contribution in [3.05, 3.63) is 46.2 Å². The molecule has 0 bridgehead atoms. The van der Waals surface area contributed by atoms with E-state index in [1.807, 2.05) is 50.0 Å². The third-order valence-electron chi connectivity index (χ3n) is 3.07. The molecular weight excluding hydrogens is 246 g/mol. The maximum absolute atomic E-state index is 6.12. The second-order valence-corrected chi connectivity index (χ2v) is 5.08. The highest BCUT2D eigenvalue weighted by molar-refractivity contribution is 6.31. The molecule has 2 rings (SSSR count). The van der Waals surface area contributed by atoms with Crippen molar-refractivity contribution < 1.29 is 0 Å². The van der Waals surface area contributed by atoms with Crippen molar-refractivity contribution in [3.63, 3.8) is 0 Å². The van der Waals surface area contributed by atoms with Crippen LogP contribution in [0.2, 0.25) is 5.02 Å².